The molecule has 5 nitrogen and oxygen atoms in total. The van der Waals surface area contributed by atoms with E-state index in [4.69, 9.17) is 5.73 Å². The van der Waals surface area contributed by atoms with Crippen LogP contribution in [0.5, 0.6) is 0 Å². The Bertz CT molecular complexity index is 895. The fraction of sp³-hybridized carbons (Fsp3) is 0.0667. The molecule has 6 heteroatoms. The van der Waals surface area contributed by atoms with E-state index in [0.717, 1.165) is 10.1 Å². The Balaban J connectivity index is 1.89. The second kappa shape index (κ2) is 5.06. The lowest BCUT2D eigenvalue weighted by atomic mass is 10.2. The smallest absolute Gasteiger partial charge is 0.265 e. The van der Waals surface area contributed by atoms with Gasteiger partial charge in [-0.3, -0.25) is 9.59 Å². The van der Waals surface area contributed by atoms with Gasteiger partial charge in [-0.25, -0.2) is 0 Å². The molecule has 0 radical (unpaired) electrons. The van der Waals surface area contributed by atoms with Gasteiger partial charge in [-0.05, 0) is 35.7 Å². The molecule has 0 aliphatic heterocycles. The maximum absolute atomic E-state index is 12.2. The van der Waals surface area contributed by atoms with Crippen molar-refractivity contribution in [2.45, 2.75) is 0 Å². The van der Waals surface area contributed by atoms with Gasteiger partial charge in [0.2, 0.25) is 5.56 Å². The van der Waals surface area contributed by atoms with Crippen molar-refractivity contribution in [3.05, 3.63) is 57.8 Å². The molecule has 0 spiro atoms. The van der Waals surface area contributed by atoms with E-state index >= 15 is 0 Å². The summed E-state index contributed by atoms with van der Waals surface area (Å²) in [6.07, 6.45) is 1.59. The fourth-order valence-corrected chi connectivity index (χ4v) is 2.97. The molecule has 1 aromatic carbocycles. The Morgan fingerprint density at radius 1 is 1.24 bits per heavy atom. The second-order valence-corrected chi connectivity index (χ2v) is 5.81. The summed E-state index contributed by atoms with van der Waals surface area (Å²) in [5.41, 5.74) is 6.87. The number of thiophene rings is 1. The maximum Gasteiger partial charge on any atom is 0.265 e. The summed E-state index contributed by atoms with van der Waals surface area (Å²) in [6, 6.07) is 10.4. The molecule has 21 heavy (non-hydrogen) atoms. The topological polar surface area (TPSA) is 77.1 Å². The number of carbonyl (C=O) groups is 1. The number of hydrogen-bond acceptors (Lipinski definition) is 4. The van der Waals surface area contributed by atoms with Crippen molar-refractivity contribution in [2.24, 2.45) is 7.05 Å². The summed E-state index contributed by atoms with van der Waals surface area (Å²) >= 11 is 1.40. The minimum atomic E-state index is -0.201. The maximum atomic E-state index is 12.2. The predicted octanol–water partition coefficient (Wildman–Crippen LogP) is 2.43. The minimum Gasteiger partial charge on any atom is -0.399 e. The van der Waals surface area contributed by atoms with Gasteiger partial charge >= 0.3 is 0 Å². The van der Waals surface area contributed by atoms with Gasteiger partial charge in [0.05, 0.1) is 10.6 Å². The van der Waals surface area contributed by atoms with Crippen LogP contribution in [0.4, 0.5) is 11.4 Å². The summed E-state index contributed by atoms with van der Waals surface area (Å²) in [7, 11) is 1.64. The Morgan fingerprint density at radius 2 is 2.05 bits per heavy atom. The van der Waals surface area contributed by atoms with E-state index in [1.54, 1.807) is 19.3 Å². The van der Waals surface area contributed by atoms with Crippen molar-refractivity contribution >= 4 is 38.7 Å². The largest absolute Gasteiger partial charge is 0.399 e. The first kappa shape index (κ1) is 13.4. The number of hydrogen-bond donors (Lipinski definition) is 2. The van der Waals surface area contributed by atoms with Crippen LogP contribution in [-0.4, -0.2) is 10.5 Å². The Morgan fingerprint density at radius 3 is 2.81 bits per heavy atom. The third-order valence-electron chi connectivity index (χ3n) is 3.11. The second-order valence-electron chi connectivity index (χ2n) is 4.73. The van der Waals surface area contributed by atoms with Crippen molar-refractivity contribution in [3.63, 3.8) is 0 Å². The Labute approximate surface area is 124 Å². The van der Waals surface area contributed by atoms with Gasteiger partial charge in [0.15, 0.2) is 0 Å². The number of nitrogen functional groups attached to an aromatic ring is 1. The summed E-state index contributed by atoms with van der Waals surface area (Å²) in [5, 5.41) is 3.73. The summed E-state index contributed by atoms with van der Waals surface area (Å²) in [4.78, 5) is 24.2. The van der Waals surface area contributed by atoms with Crippen molar-refractivity contribution in [1.29, 1.82) is 0 Å². The number of nitrogens with two attached hydrogens (primary N) is 1. The molecule has 3 rings (SSSR count). The van der Waals surface area contributed by atoms with Gasteiger partial charge in [0, 0.05) is 29.7 Å². The minimum absolute atomic E-state index is 0.120. The van der Waals surface area contributed by atoms with Crippen molar-refractivity contribution in [3.8, 4) is 0 Å². The van der Waals surface area contributed by atoms with Gasteiger partial charge in [0.25, 0.3) is 5.91 Å². The summed E-state index contributed by atoms with van der Waals surface area (Å²) in [5.74, 6) is -0.201. The quantitative estimate of drug-likeness (QED) is 0.713. The van der Waals surface area contributed by atoms with E-state index in [0.29, 0.717) is 16.3 Å². The lowest BCUT2D eigenvalue weighted by molar-refractivity contribution is 0.103. The molecule has 106 valence electrons. The number of aromatic nitrogens is 1. The third kappa shape index (κ3) is 2.66. The van der Waals surface area contributed by atoms with Crippen LogP contribution in [0.15, 0.2) is 47.4 Å². The lowest BCUT2D eigenvalue weighted by Crippen LogP contribution is -2.17. The molecule has 0 fully saturated rings. The molecule has 0 saturated carbocycles. The van der Waals surface area contributed by atoms with Gasteiger partial charge in [-0.15, -0.1) is 11.3 Å². The lowest BCUT2D eigenvalue weighted by Gasteiger charge is -2.04. The van der Waals surface area contributed by atoms with Gasteiger partial charge in [-0.1, -0.05) is 0 Å². The molecular formula is C15H13N3O2S. The van der Waals surface area contributed by atoms with Crippen molar-refractivity contribution in [1.82, 2.24) is 4.57 Å². The van der Waals surface area contributed by atoms with E-state index in [-0.39, 0.29) is 11.5 Å². The zero-order valence-corrected chi connectivity index (χ0v) is 12.1. The van der Waals surface area contributed by atoms with E-state index in [2.05, 4.69) is 5.32 Å². The molecule has 1 amide bonds. The van der Waals surface area contributed by atoms with E-state index in [9.17, 15) is 9.59 Å². The van der Waals surface area contributed by atoms with Crippen molar-refractivity contribution < 1.29 is 4.79 Å². The normalized spacial score (nSPS) is 10.7. The van der Waals surface area contributed by atoms with Crippen molar-refractivity contribution in [2.75, 3.05) is 11.1 Å². The third-order valence-corrected chi connectivity index (χ3v) is 4.22. The van der Waals surface area contributed by atoms with E-state index < -0.39 is 0 Å². The molecule has 2 aromatic heterocycles. The number of nitrogens with one attached hydrogen (secondary N) is 1. The molecular weight excluding hydrogens is 286 g/mol. The van der Waals surface area contributed by atoms with E-state index in [1.165, 1.54) is 22.0 Å². The number of benzene rings is 1. The average Bonchev–Trinajstić information content (AvgIpc) is 2.86. The molecule has 0 bridgehead atoms. The molecule has 3 N–H and O–H groups in total. The highest BCUT2D eigenvalue weighted by Crippen LogP contribution is 2.27. The highest BCUT2D eigenvalue weighted by atomic mass is 32.1. The first-order valence-corrected chi connectivity index (χ1v) is 7.12. The number of fused-ring (bicyclic) bond motifs is 1. The van der Waals surface area contributed by atoms with Crippen LogP contribution < -0.4 is 16.6 Å². The number of aryl methyl sites for hydroxylation is 1. The number of anilines is 2. The monoisotopic (exact) mass is 299 g/mol. The summed E-state index contributed by atoms with van der Waals surface area (Å²) < 4.78 is 2.43. The van der Waals surface area contributed by atoms with Gasteiger partial charge < -0.3 is 15.6 Å². The van der Waals surface area contributed by atoms with Crippen LogP contribution in [0.3, 0.4) is 0 Å². The highest BCUT2D eigenvalue weighted by molar-refractivity contribution is 7.20. The molecule has 0 saturated heterocycles. The van der Waals surface area contributed by atoms with E-state index in [1.807, 2.05) is 24.3 Å². The molecule has 0 aliphatic carbocycles. The number of carbonyl (C=O) groups excluding carboxylic acids is 1. The van der Waals surface area contributed by atoms with Crippen LogP contribution in [0, 0.1) is 0 Å². The van der Waals surface area contributed by atoms with Crippen LogP contribution in [0.1, 0.15) is 9.67 Å². The van der Waals surface area contributed by atoms with Crippen LogP contribution in [0.25, 0.3) is 10.1 Å². The fourth-order valence-electron chi connectivity index (χ4n) is 2.03. The molecule has 0 unspecified atom stereocenters. The van der Waals surface area contributed by atoms with Gasteiger partial charge in [0.1, 0.15) is 0 Å². The Kier molecular flexibility index (Phi) is 3.23. The molecule has 0 aliphatic rings. The number of pyridine rings is 1. The number of nitrogens with zero attached hydrogens (tertiary/aromatic N) is 1. The highest BCUT2D eigenvalue weighted by Gasteiger charge is 2.11. The standard InChI is InChI=1S/C15H13N3O2S/c1-18-8-11(3-5-14(18)19)17-15(20)13-7-9-6-10(16)2-4-12(9)21-13/h2-8H,16H2,1H3,(H,17,20). The molecule has 0 atom stereocenters. The van der Waals surface area contributed by atoms with Crippen LogP contribution in [-0.2, 0) is 7.05 Å². The van der Waals surface area contributed by atoms with Crippen LogP contribution in [0.2, 0.25) is 0 Å². The first-order valence-electron chi connectivity index (χ1n) is 6.30. The van der Waals surface area contributed by atoms with Gasteiger partial charge in [-0.2, -0.15) is 0 Å². The zero-order valence-electron chi connectivity index (χ0n) is 11.3. The summed E-state index contributed by atoms with van der Waals surface area (Å²) in [6.45, 7) is 0. The molecule has 2 heterocycles. The predicted molar refractivity (Wildman–Crippen MR) is 85.9 cm³/mol. The average molecular weight is 299 g/mol. The van der Waals surface area contributed by atoms with Crippen LogP contribution >= 0.6 is 11.3 Å². The number of rotatable bonds is 2. The SMILES string of the molecule is Cn1cc(NC(=O)c2cc3cc(N)ccc3s2)ccc1=O. The number of amides is 1. The first-order chi connectivity index (χ1) is 10.0. The molecule has 3 aromatic rings. The zero-order chi connectivity index (χ0) is 15.0. The Hall–Kier alpha value is -2.60.